The van der Waals surface area contributed by atoms with Gasteiger partial charge in [0, 0.05) is 0 Å². The summed E-state index contributed by atoms with van der Waals surface area (Å²) in [5.41, 5.74) is 5.98. The molecule has 0 spiro atoms. The quantitative estimate of drug-likeness (QED) is 0.533. The van der Waals surface area contributed by atoms with Crippen LogP contribution >= 0.6 is 0 Å². The Morgan fingerprint density at radius 2 is 1.87 bits per heavy atom. The molecule has 1 atom stereocenters. The van der Waals surface area contributed by atoms with Crippen molar-refractivity contribution in [1.29, 1.82) is 5.26 Å². The van der Waals surface area contributed by atoms with Gasteiger partial charge in [-0.15, -0.1) is 0 Å². The molecule has 5 rings (SSSR count). The largest absolute Gasteiger partial charge is 0.406 e. The van der Waals surface area contributed by atoms with Gasteiger partial charge in [0.25, 0.3) is 6.01 Å². The Morgan fingerprint density at radius 3 is 2.58 bits per heavy atom. The average molecular weight is 418 g/mol. The molecule has 2 aromatic carbocycles. The highest BCUT2D eigenvalue weighted by atomic mass is 19.1. The van der Waals surface area contributed by atoms with Crippen LogP contribution in [0.1, 0.15) is 22.7 Å². The molecule has 2 aromatic heterocycles. The van der Waals surface area contributed by atoms with E-state index in [0.717, 1.165) is 0 Å². The molecule has 0 fully saturated rings. The van der Waals surface area contributed by atoms with Crippen molar-refractivity contribution in [2.24, 2.45) is 0 Å². The molecule has 1 aliphatic rings. The Bertz CT molecular complexity index is 1570. The van der Waals surface area contributed by atoms with Crippen LogP contribution in [0.4, 0.5) is 14.8 Å². The first-order chi connectivity index (χ1) is 15.0. The maximum absolute atomic E-state index is 13.9. The highest BCUT2D eigenvalue weighted by molar-refractivity contribution is 5.73. The predicted molar refractivity (Wildman–Crippen MR) is 105 cm³/mol. The van der Waals surface area contributed by atoms with E-state index in [9.17, 15) is 18.8 Å². The number of nitrogens with two attached hydrogens (primary N) is 1. The van der Waals surface area contributed by atoms with Crippen LogP contribution in [-0.2, 0) is 0 Å². The first kappa shape index (κ1) is 18.6. The molecule has 0 saturated heterocycles. The summed E-state index contributed by atoms with van der Waals surface area (Å²) in [6.45, 7) is 0. The summed E-state index contributed by atoms with van der Waals surface area (Å²) in [6.07, 6.45) is 1.40. The lowest BCUT2D eigenvalue weighted by Gasteiger charge is -2.19. The lowest BCUT2D eigenvalue weighted by molar-refractivity contribution is 0.455. The van der Waals surface area contributed by atoms with Crippen molar-refractivity contribution in [3.05, 3.63) is 98.3 Å². The lowest BCUT2D eigenvalue weighted by Crippen LogP contribution is -2.35. The van der Waals surface area contributed by atoms with Crippen LogP contribution in [0.15, 0.2) is 62.2 Å². The van der Waals surface area contributed by atoms with Crippen molar-refractivity contribution in [2.75, 3.05) is 5.73 Å². The van der Waals surface area contributed by atoms with Gasteiger partial charge in [0.1, 0.15) is 34.3 Å². The third kappa shape index (κ3) is 2.93. The van der Waals surface area contributed by atoms with Crippen LogP contribution < -0.4 is 22.3 Å². The Hall–Kier alpha value is -4.45. The average Bonchev–Trinajstić information content (AvgIpc) is 3.26. The van der Waals surface area contributed by atoms with Gasteiger partial charge in [0.05, 0.1) is 5.92 Å². The van der Waals surface area contributed by atoms with Crippen molar-refractivity contribution in [1.82, 2.24) is 9.55 Å². The number of nitriles is 1. The Kier molecular flexibility index (Phi) is 4.08. The fourth-order valence-electron chi connectivity index (χ4n) is 3.71. The molecule has 0 bridgehead atoms. The number of benzene rings is 2. The third-order valence-electron chi connectivity index (χ3n) is 4.94. The van der Waals surface area contributed by atoms with Crippen molar-refractivity contribution in [3.8, 4) is 12.0 Å². The van der Waals surface area contributed by atoms with E-state index in [-0.39, 0.29) is 34.1 Å². The van der Waals surface area contributed by atoms with E-state index < -0.39 is 23.2 Å². The number of fused-ring (bicyclic) bond motifs is 3. The number of anilines is 1. The monoisotopic (exact) mass is 418 g/mol. The van der Waals surface area contributed by atoms with Gasteiger partial charge in [-0.3, -0.25) is 0 Å². The predicted octanol–water partition coefficient (Wildman–Crippen LogP) is 1.93. The van der Waals surface area contributed by atoms with Crippen LogP contribution in [0.25, 0.3) is 17.5 Å². The van der Waals surface area contributed by atoms with Gasteiger partial charge in [-0.25, -0.2) is 18.1 Å². The van der Waals surface area contributed by atoms with E-state index in [4.69, 9.17) is 14.6 Å². The Balaban J connectivity index is 1.89. The Labute approximate surface area is 172 Å². The molecule has 0 amide bonds. The summed E-state index contributed by atoms with van der Waals surface area (Å²) in [4.78, 5) is 16.9. The van der Waals surface area contributed by atoms with Crippen LogP contribution in [0.5, 0.6) is 0 Å². The van der Waals surface area contributed by atoms with Gasteiger partial charge in [0.2, 0.25) is 11.4 Å². The molecule has 0 aliphatic carbocycles. The van der Waals surface area contributed by atoms with E-state index in [1.165, 1.54) is 47.0 Å². The number of hydrogen-bond acceptors (Lipinski definition) is 6. The van der Waals surface area contributed by atoms with Gasteiger partial charge in [-0.2, -0.15) is 10.2 Å². The summed E-state index contributed by atoms with van der Waals surface area (Å²) < 4.78 is 39.7. The summed E-state index contributed by atoms with van der Waals surface area (Å²) in [5.74, 6) is -1.78. The van der Waals surface area contributed by atoms with E-state index in [1.54, 1.807) is 12.1 Å². The zero-order valence-electron chi connectivity index (χ0n) is 15.7. The first-order valence-corrected chi connectivity index (χ1v) is 9.12. The topological polar surface area (TPSA) is 111 Å². The zero-order valence-corrected chi connectivity index (χ0v) is 15.7. The standard InChI is InChI=1S/C22H12F2N4O3/c23-13-5-1-3-11(7-13)8-16-21(29)30-19-15(10-25)17(12-4-2-6-14(24)9-12)18-20(28(16)19)31-22(26)27-18/h1-9,17H,(H2,26,27)/b16-8+. The zero-order chi connectivity index (χ0) is 21.7. The minimum atomic E-state index is -0.857. The third-order valence-corrected chi connectivity index (χ3v) is 4.94. The van der Waals surface area contributed by atoms with Gasteiger partial charge in [0.15, 0.2) is 0 Å². The van der Waals surface area contributed by atoms with Crippen LogP contribution in [0.3, 0.4) is 0 Å². The molecule has 31 heavy (non-hydrogen) atoms. The minimum Gasteiger partial charge on any atom is -0.406 e. The van der Waals surface area contributed by atoms with E-state index in [1.807, 2.05) is 6.07 Å². The van der Waals surface area contributed by atoms with Crippen molar-refractivity contribution < 1.29 is 17.6 Å². The van der Waals surface area contributed by atoms with Crippen molar-refractivity contribution in [3.63, 3.8) is 0 Å². The molecule has 4 aromatic rings. The molecule has 1 unspecified atom stereocenters. The van der Waals surface area contributed by atoms with Gasteiger partial charge in [-0.05, 0) is 41.5 Å². The fourth-order valence-corrected chi connectivity index (χ4v) is 3.71. The maximum Gasteiger partial charge on any atom is 0.362 e. The molecular weight excluding hydrogens is 406 g/mol. The highest BCUT2D eigenvalue weighted by Crippen LogP contribution is 2.37. The molecule has 152 valence electrons. The lowest BCUT2D eigenvalue weighted by atomic mass is 9.87. The van der Waals surface area contributed by atoms with E-state index >= 15 is 0 Å². The molecule has 7 nitrogen and oxygen atoms in total. The van der Waals surface area contributed by atoms with Crippen LogP contribution in [0, 0.1) is 23.0 Å². The van der Waals surface area contributed by atoms with Gasteiger partial charge in [-0.1, -0.05) is 24.3 Å². The normalized spacial score (nSPS) is 15.5. The number of hydrogen-bond donors (Lipinski definition) is 1. The fraction of sp³-hybridized carbons (Fsp3) is 0.0455. The summed E-state index contributed by atoms with van der Waals surface area (Å²) >= 11 is 0. The van der Waals surface area contributed by atoms with Gasteiger partial charge < -0.3 is 14.6 Å². The molecule has 1 aliphatic heterocycles. The summed E-state index contributed by atoms with van der Waals surface area (Å²) in [7, 11) is 0. The molecule has 3 heterocycles. The number of nitrogens with zero attached hydrogens (tertiary/aromatic N) is 3. The summed E-state index contributed by atoms with van der Waals surface area (Å²) in [5, 5.41) is 9.88. The Morgan fingerprint density at radius 1 is 1.13 bits per heavy atom. The molecule has 2 N–H and O–H groups in total. The number of halogens is 2. The molecule has 9 heteroatoms. The molecule has 0 radical (unpaired) electrons. The second kappa shape index (κ2) is 6.81. The number of nitrogen functional groups attached to an aromatic ring is 1. The second-order valence-corrected chi connectivity index (χ2v) is 6.87. The number of oxazole rings is 2. The smallest absolute Gasteiger partial charge is 0.362 e. The molecule has 0 saturated carbocycles. The van der Waals surface area contributed by atoms with E-state index in [2.05, 4.69) is 4.98 Å². The van der Waals surface area contributed by atoms with Gasteiger partial charge >= 0.3 is 5.63 Å². The van der Waals surface area contributed by atoms with Crippen LogP contribution in [-0.4, -0.2) is 9.55 Å². The van der Waals surface area contributed by atoms with Crippen LogP contribution in [0.2, 0.25) is 0 Å². The van der Waals surface area contributed by atoms with Crippen molar-refractivity contribution >= 4 is 17.7 Å². The first-order valence-electron chi connectivity index (χ1n) is 9.12. The van der Waals surface area contributed by atoms with Crippen molar-refractivity contribution in [2.45, 2.75) is 5.92 Å². The SMILES string of the molecule is N#CC1=c2oc(=O)/c(=C\c3cccc(F)c3)n2-c2oc(N)nc2C1c1cccc(F)c1. The molecular formula is C22H12F2N4O3. The minimum absolute atomic E-state index is 0.0107. The maximum atomic E-state index is 13.9. The highest BCUT2D eigenvalue weighted by Gasteiger charge is 2.36. The second-order valence-electron chi connectivity index (χ2n) is 6.87. The number of rotatable bonds is 2. The summed E-state index contributed by atoms with van der Waals surface area (Å²) in [6, 6.07) is 13.1. The van der Waals surface area contributed by atoms with E-state index in [0.29, 0.717) is 11.1 Å². The number of aromatic nitrogens is 2.